The molecule has 6 heteroatoms. The van der Waals surface area contributed by atoms with Crippen LogP contribution in [0.5, 0.6) is 0 Å². The van der Waals surface area contributed by atoms with E-state index in [-0.39, 0.29) is 5.91 Å². The molecule has 1 aliphatic carbocycles. The third-order valence-corrected chi connectivity index (χ3v) is 5.74. The molecule has 1 N–H and O–H groups in total. The highest BCUT2D eigenvalue weighted by Gasteiger charge is 2.40. The lowest BCUT2D eigenvalue weighted by molar-refractivity contribution is -0.137. The van der Waals surface area contributed by atoms with Crippen molar-refractivity contribution in [3.8, 4) is 0 Å². The zero-order chi connectivity index (χ0) is 20.2. The Hall–Kier alpha value is -2.01. The van der Waals surface area contributed by atoms with E-state index in [4.69, 9.17) is 11.6 Å². The second kappa shape index (κ2) is 8.56. The van der Waals surface area contributed by atoms with Gasteiger partial charge < -0.3 is 5.32 Å². The minimum Gasteiger partial charge on any atom is -0.355 e. The van der Waals surface area contributed by atoms with E-state index in [2.05, 4.69) is 5.32 Å². The fourth-order valence-corrected chi connectivity index (χ4v) is 4.09. The summed E-state index contributed by atoms with van der Waals surface area (Å²) >= 11 is 5.99. The van der Waals surface area contributed by atoms with Gasteiger partial charge in [0.25, 0.3) is 0 Å². The van der Waals surface area contributed by atoms with Gasteiger partial charge >= 0.3 is 6.18 Å². The average molecular weight is 410 g/mol. The minimum atomic E-state index is -4.36. The molecule has 0 spiro atoms. The van der Waals surface area contributed by atoms with Gasteiger partial charge in [-0.3, -0.25) is 4.79 Å². The van der Waals surface area contributed by atoms with Crippen molar-refractivity contribution >= 4 is 17.5 Å². The summed E-state index contributed by atoms with van der Waals surface area (Å²) in [6.45, 7) is 0.301. The van der Waals surface area contributed by atoms with Crippen molar-refractivity contribution in [2.75, 3.05) is 6.54 Å². The summed E-state index contributed by atoms with van der Waals surface area (Å²) in [6.07, 6.45) is 0.584. The van der Waals surface area contributed by atoms with Crippen molar-refractivity contribution < 1.29 is 18.0 Å². The largest absolute Gasteiger partial charge is 0.416 e. The number of benzene rings is 2. The van der Waals surface area contributed by atoms with Crippen LogP contribution in [0.2, 0.25) is 5.02 Å². The molecule has 2 aromatic carbocycles. The number of carbonyl (C=O) groups is 1. The Balaban J connectivity index is 1.69. The molecule has 0 saturated heterocycles. The molecule has 0 heterocycles. The Kier molecular flexibility index (Phi) is 6.33. The van der Waals surface area contributed by atoms with Crippen LogP contribution >= 0.6 is 11.6 Å². The lowest BCUT2D eigenvalue weighted by atomic mass is 9.68. The van der Waals surface area contributed by atoms with Gasteiger partial charge in [-0.15, -0.1) is 0 Å². The lowest BCUT2D eigenvalue weighted by Crippen LogP contribution is -2.46. The summed E-state index contributed by atoms with van der Waals surface area (Å²) < 4.78 is 38.5. The van der Waals surface area contributed by atoms with E-state index in [1.165, 1.54) is 6.07 Å². The third kappa shape index (κ3) is 4.69. The molecule has 150 valence electrons. The fraction of sp³-hybridized carbons (Fsp3) is 0.409. The maximum Gasteiger partial charge on any atom is 0.416 e. The van der Waals surface area contributed by atoms with Crippen LogP contribution in [0.4, 0.5) is 13.2 Å². The molecule has 0 unspecified atom stereocenters. The highest BCUT2D eigenvalue weighted by Crippen LogP contribution is 2.40. The highest BCUT2D eigenvalue weighted by atomic mass is 35.5. The van der Waals surface area contributed by atoms with Gasteiger partial charge in [0.1, 0.15) is 0 Å². The number of carbonyl (C=O) groups excluding carboxylic acids is 1. The first-order valence-corrected chi connectivity index (χ1v) is 9.89. The summed E-state index contributed by atoms with van der Waals surface area (Å²) in [5.74, 6) is -0.0542. The number of hydrogen-bond acceptors (Lipinski definition) is 1. The Morgan fingerprint density at radius 2 is 1.71 bits per heavy atom. The first kappa shape index (κ1) is 20.7. The summed E-state index contributed by atoms with van der Waals surface area (Å²) in [6, 6.07) is 12.6. The third-order valence-electron chi connectivity index (χ3n) is 5.49. The van der Waals surface area contributed by atoms with Crippen LogP contribution in [0.15, 0.2) is 48.5 Å². The normalized spacial score (nSPS) is 16.6. The standard InChI is InChI=1S/C22H23ClF3NO/c23-19-9-7-17(8-10-19)21(12-2-1-3-13-21)20(28)27-14-11-16-5-4-6-18(15-16)22(24,25)26/h4-10,15H,1-3,11-14H2,(H,27,28). The Morgan fingerprint density at radius 1 is 1.04 bits per heavy atom. The van der Waals surface area contributed by atoms with Crippen LogP contribution < -0.4 is 5.32 Å². The molecule has 0 aromatic heterocycles. The van der Waals surface area contributed by atoms with Gasteiger partial charge in [0.05, 0.1) is 11.0 Å². The van der Waals surface area contributed by atoms with E-state index in [1.54, 1.807) is 18.2 Å². The smallest absolute Gasteiger partial charge is 0.355 e. The topological polar surface area (TPSA) is 29.1 Å². The Bertz CT molecular complexity index is 811. The molecule has 1 aliphatic rings. The van der Waals surface area contributed by atoms with Crippen LogP contribution in [-0.4, -0.2) is 12.5 Å². The maximum atomic E-state index is 13.1. The molecule has 0 bridgehead atoms. The first-order valence-electron chi connectivity index (χ1n) is 9.52. The first-order chi connectivity index (χ1) is 13.3. The van der Waals surface area contributed by atoms with Crippen LogP contribution in [0, 0.1) is 0 Å². The molecule has 1 fully saturated rings. The van der Waals surface area contributed by atoms with Gasteiger partial charge in [0.2, 0.25) is 5.91 Å². The summed E-state index contributed by atoms with van der Waals surface area (Å²) in [5, 5.41) is 3.58. The molecule has 3 rings (SSSR count). The number of hydrogen-bond donors (Lipinski definition) is 1. The molecule has 0 radical (unpaired) electrons. The van der Waals surface area contributed by atoms with Crippen molar-refractivity contribution in [1.29, 1.82) is 0 Å². The van der Waals surface area contributed by atoms with Gasteiger partial charge in [0, 0.05) is 11.6 Å². The van der Waals surface area contributed by atoms with Gasteiger partial charge in [-0.2, -0.15) is 13.2 Å². The molecular formula is C22H23ClF3NO. The molecule has 0 atom stereocenters. The van der Waals surface area contributed by atoms with Crippen molar-refractivity contribution in [3.05, 3.63) is 70.2 Å². The van der Waals surface area contributed by atoms with Crippen LogP contribution in [0.25, 0.3) is 0 Å². The second-order valence-corrected chi connectivity index (χ2v) is 7.79. The quantitative estimate of drug-likeness (QED) is 0.652. The van der Waals surface area contributed by atoms with Gasteiger partial charge in [0.15, 0.2) is 0 Å². The van der Waals surface area contributed by atoms with Crippen LogP contribution in [0.3, 0.4) is 0 Å². The van der Waals surface area contributed by atoms with E-state index in [0.29, 0.717) is 23.6 Å². The van der Waals surface area contributed by atoms with E-state index in [1.807, 2.05) is 12.1 Å². The molecule has 28 heavy (non-hydrogen) atoms. The van der Waals surface area contributed by atoms with Crippen molar-refractivity contribution in [2.45, 2.75) is 50.1 Å². The lowest BCUT2D eigenvalue weighted by Gasteiger charge is -2.36. The SMILES string of the molecule is O=C(NCCc1cccc(C(F)(F)F)c1)C1(c2ccc(Cl)cc2)CCCCC1. The summed E-state index contributed by atoms with van der Waals surface area (Å²) in [7, 11) is 0. The van der Waals surface area contributed by atoms with E-state index in [9.17, 15) is 18.0 Å². The van der Waals surface area contributed by atoms with Crippen molar-refractivity contribution in [2.24, 2.45) is 0 Å². The molecule has 1 amide bonds. The summed E-state index contributed by atoms with van der Waals surface area (Å²) in [4.78, 5) is 13.1. The van der Waals surface area contributed by atoms with Crippen LogP contribution in [-0.2, 0) is 22.8 Å². The van der Waals surface area contributed by atoms with Gasteiger partial charge in [-0.1, -0.05) is 61.2 Å². The van der Waals surface area contributed by atoms with Crippen LogP contribution in [0.1, 0.15) is 48.8 Å². The molecule has 1 saturated carbocycles. The monoisotopic (exact) mass is 409 g/mol. The average Bonchev–Trinajstić information content (AvgIpc) is 2.68. The zero-order valence-corrected chi connectivity index (χ0v) is 16.2. The predicted molar refractivity (Wildman–Crippen MR) is 104 cm³/mol. The maximum absolute atomic E-state index is 13.1. The fourth-order valence-electron chi connectivity index (χ4n) is 3.96. The highest BCUT2D eigenvalue weighted by molar-refractivity contribution is 6.30. The number of rotatable bonds is 5. The molecule has 2 nitrogen and oxygen atoms in total. The summed E-state index contributed by atoms with van der Waals surface area (Å²) in [5.41, 5.74) is 0.255. The van der Waals surface area contributed by atoms with Crippen molar-refractivity contribution in [1.82, 2.24) is 5.32 Å². The van der Waals surface area contributed by atoms with Crippen molar-refractivity contribution in [3.63, 3.8) is 0 Å². The van der Waals surface area contributed by atoms with Gasteiger partial charge in [-0.25, -0.2) is 0 Å². The molecule has 2 aromatic rings. The Labute approximate surface area is 168 Å². The number of nitrogens with one attached hydrogen (secondary N) is 1. The molecule has 0 aliphatic heterocycles. The molecular weight excluding hydrogens is 387 g/mol. The minimum absolute atomic E-state index is 0.0542. The number of amides is 1. The second-order valence-electron chi connectivity index (χ2n) is 7.35. The van der Waals surface area contributed by atoms with Gasteiger partial charge in [-0.05, 0) is 48.6 Å². The van der Waals surface area contributed by atoms with E-state index >= 15 is 0 Å². The van der Waals surface area contributed by atoms with E-state index in [0.717, 1.165) is 49.8 Å². The number of alkyl halides is 3. The Morgan fingerprint density at radius 3 is 2.36 bits per heavy atom. The zero-order valence-electron chi connectivity index (χ0n) is 15.5. The van der Waals surface area contributed by atoms with E-state index < -0.39 is 17.2 Å². The predicted octanol–water partition coefficient (Wildman–Crippen LogP) is 5.92. The number of halogens is 4.